The zero-order chi connectivity index (χ0) is 13.1. The summed E-state index contributed by atoms with van der Waals surface area (Å²) in [5, 5.41) is 0. The van der Waals surface area contributed by atoms with Crippen LogP contribution in [0.25, 0.3) is 0 Å². The third kappa shape index (κ3) is 2.60. The van der Waals surface area contributed by atoms with Gasteiger partial charge in [-0.2, -0.15) is 0 Å². The molecule has 0 radical (unpaired) electrons. The lowest BCUT2D eigenvalue weighted by Gasteiger charge is -2.10. The van der Waals surface area contributed by atoms with Crippen molar-refractivity contribution in [2.75, 3.05) is 0 Å². The standard InChI is InChI=1S/C15H13BO3/c17-9-12-5-7-15(8-6-12)16-18-10-13-3-1-2-4-14(13)11-19-16/h1-9H,10-11H2. The molecule has 0 aliphatic carbocycles. The third-order valence-corrected chi connectivity index (χ3v) is 3.24. The quantitative estimate of drug-likeness (QED) is 0.605. The first-order valence-corrected chi connectivity index (χ1v) is 6.22. The molecule has 94 valence electrons. The van der Waals surface area contributed by atoms with Crippen molar-refractivity contribution < 1.29 is 14.1 Å². The van der Waals surface area contributed by atoms with E-state index in [-0.39, 0.29) is 7.12 Å². The minimum absolute atomic E-state index is 0.381. The molecule has 0 fully saturated rings. The van der Waals surface area contributed by atoms with E-state index in [1.165, 1.54) is 0 Å². The molecule has 3 nitrogen and oxygen atoms in total. The molecular formula is C15H13BO3. The van der Waals surface area contributed by atoms with E-state index < -0.39 is 0 Å². The zero-order valence-corrected chi connectivity index (χ0v) is 10.4. The van der Waals surface area contributed by atoms with Gasteiger partial charge in [0.1, 0.15) is 6.29 Å². The van der Waals surface area contributed by atoms with Gasteiger partial charge in [0.2, 0.25) is 0 Å². The minimum Gasteiger partial charge on any atom is -0.403 e. The van der Waals surface area contributed by atoms with Crippen molar-refractivity contribution in [3.63, 3.8) is 0 Å². The maximum Gasteiger partial charge on any atom is 0.494 e. The van der Waals surface area contributed by atoms with Gasteiger partial charge < -0.3 is 9.31 Å². The molecule has 4 heteroatoms. The fourth-order valence-corrected chi connectivity index (χ4v) is 2.14. The Labute approximate surface area is 112 Å². The van der Waals surface area contributed by atoms with Gasteiger partial charge in [-0.3, -0.25) is 4.79 Å². The lowest BCUT2D eigenvalue weighted by Crippen LogP contribution is -2.35. The molecule has 0 spiro atoms. The molecule has 1 aliphatic heterocycles. The van der Waals surface area contributed by atoms with Crippen LogP contribution in [0.3, 0.4) is 0 Å². The van der Waals surface area contributed by atoms with Crippen molar-refractivity contribution in [2.24, 2.45) is 0 Å². The Kier molecular flexibility index (Phi) is 3.44. The third-order valence-electron chi connectivity index (χ3n) is 3.24. The Morgan fingerprint density at radius 2 is 1.47 bits per heavy atom. The zero-order valence-electron chi connectivity index (χ0n) is 10.4. The van der Waals surface area contributed by atoms with E-state index in [1.807, 2.05) is 24.3 Å². The average molecular weight is 252 g/mol. The molecule has 0 aromatic heterocycles. The van der Waals surface area contributed by atoms with Crippen molar-refractivity contribution >= 4 is 18.9 Å². The largest absolute Gasteiger partial charge is 0.494 e. The smallest absolute Gasteiger partial charge is 0.403 e. The number of fused-ring (bicyclic) bond motifs is 1. The fourth-order valence-electron chi connectivity index (χ4n) is 2.14. The summed E-state index contributed by atoms with van der Waals surface area (Å²) in [6.07, 6.45) is 0.828. The van der Waals surface area contributed by atoms with Crippen molar-refractivity contribution in [1.29, 1.82) is 0 Å². The number of hydrogen-bond acceptors (Lipinski definition) is 3. The van der Waals surface area contributed by atoms with Crippen LogP contribution in [0.4, 0.5) is 0 Å². The first-order valence-electron chi connectivity index (χ1n) is 6.22. The van der Waals surface area contributed by atoms with Crippen LogP contribution in [0.5, 0.6) is 0 Å². The number of hydrogen-bond donors (Lipinski definition) is 0. The van der Waals surface area contributed by atoms with E-state index >= 15 is 0 Å². The van der Waals surface area contributed by atoms with E-state index in [0.717, 1.165) is 22.9 Å². The predicted octanol–water partition coefficient (Wildman–Crippen LogP) is 1.94. The van der Waals surface area contributed by atoms with E-state index in [4.69, 9.17) is 9.31 Å². The number of benzene rings is 2. The highest BCUT2D eigenvalue weighted by molar-refractivity contribution is 6.61. The number of carbonyl (C=O) groups excluding carboxylic acids is 1. The minimum atomic E-state index is -0.381. The first kappa shape index (κ1) is 12.1. The Morgan fingerprint density at radius 3 is 2.00 bits per heavy atom. The van der Waals surface area contributed by atoms with Gasteiger partial charge in [-0.05, 0) is 16.6 Å². The van der Waals surface area contributed by atoms with E-state index in [2.05, 4.69) is 12.1 Å². The SMILES string of the molecule is O=Cc1ccc(B2OCc3ccccc3CO2)cc1. The average Bonchev–Trinajstić information content (AvgIpc) is 2.70. The summed E-state index contributed by atoms with van der Waals surface area (Å²) in [6, 6.07) is 15.4. The molecule has 2 aromatic rings. The summed E-state index contributed by atoms with van der Waals surface area (Å²) < 4.78 is 11.6. The van der Waals surface area contributed by atoms with Gasteiger partial charge in [0.15, 0.2) is 0 Å². The summed E-state index contributed by atoms with van der Waals surface area (Å²) in [7, 11) is -0.381. The molecule has 0 unspecified atom stereocenters. The molecule has 0 saturated carbocycles. The molecule has 3 rings (SSSR count). The van der Waals surface area contributed by atoms with Gasteiger partial charge in [0.05, 0.1) is 13.2 Å². The van der Waals surface area contributed by atoms with Crippen LogP contribution in [0.15, 0.2) is 48.5 Å². The van der Waals surface area contributed by atoms with Crippen LogP contribution < -0.4 is 5.46 Å². The summed E-state index contributed by atoms with van der Waals surface area (Å²) >= 11 is 0. The molecule has 0 N–H and O–H groups in total. The van der Waals surface area contributed by atoms with E-state index in [9.17, 15) is 4.79 Å². The van der Waals surface area contributed by atoms with Gasteiger partial charge in [-0.1, -0.05) is 48.5 Å². The van der Waals surface area contributed by atoms with Crippen LogP contribution in [0, 0.1) is 0 Å². The van der Waals surface area contributed by atoms with Crippen LogP contribution in [-0.2, 0) is 22.5 Å². The number of rotatable bonds is 2. The lowest BCUT2D eigenvalue weighted by atomic mass is 9.78. The van der Waals surface area contributed by atoms with Crippen molar-refractivity contribution in [1.82, 2.24) is 0 Å². The molecule has 0 saturated heterocycles. The van der Waals surface area contributed by atoms with Gasteiger partial charge in [0.25, 0.3) is 0 Å². The van der Waals surface area contributed by atoms with Gasteiger partial charge >= 0.3 is 7.12 Å². The maximum absolute atomic E-state index is 10.6. The van der Waals surface area contributed by atoms with Crippen molar-refractivity contribution in [3.05, 3.63) is 65.2 Å². The Balaban J connectivity index is 1.79. The first-order chi connectivity index (χ1) is 9.36. The highest BCUT2D eigenvalue weighted by Crippen LogP contribution is 2.16. The summed E-state index contributed by atoms with van der Waals surface area (Å²) in [5.74, 6) is 0. The molecule has 0 atom stereocenters. The summed E-state index contributed by atoms with van der Waals surface area (Å²) in [4.78, 5) is 10.6. The highest BCUT2D eigenvalue weighted by Gasteiger charge is 2.24. The Bertz CT molecular complexity index is 553. The Hall–Kier alpha value is -1.91. The topological polar surface area (TPSA) is 35.5 Å². The fraction of sp³-hybridized carbons (Fsp3) is 0.133. The van der Waals surface area contributed by atoms with Gasteiger partial charge in [-0.25, -0.2) is 0 Å². The number of aldehydes is 1. The van der Waals surface area contributed by atoms with E-state index in [1.54, 1.807) is 12.1 Å². The second-order valence-electron chi connectivity index (χ2n) is 4.51. The van der Waals surface area contributed by atoms with Gasteiger partial charge in [-0.15, -0.1) is 0 Å². The van der Waals surface area contributed by atoms with Crippen molar-refractivity contribution in [3.8, 4) is 0 Å². The summed E-state index contributed by atoms with van der Waals surface area (Å²) in [5.41, 5.74) is 3.91. The van der Waals surface area contributed by atoms with Crippen LogP contribution in [-0.4, -0.2) is 13.4 Å². The second-order valence-corrected chi connectivity index (χ2v) is 4.51. The van der Waals surface area contributed by atoms with Gasteiger partial charge in [0, 0.05) is 5.56 Å². The molecule has 1 heterocycles. The Morgan fingerprint density at radius 1 is 0.895 bits per heavy atom. The molecule has 2 aromatic carbocycles. The molecule has 1 aliphatic rings. The maximum atomic E-state index is 10.6. The normalized spacial score (nSPS) is 14.6. The van der Waals surface area contributed by atoms with Crippen molar-refractivity contribution in [2.45, 2.75) is 13.2 Å². The molecule has 0 amide bonds. The highest BCUT2D eigenvalue weighted by atomic mass is 16.6. The van der Waals surface area contributed by atoms with Crippen LogP contribution >= 0.6 is 0 Å². The predicted molar refractivity (Wildman–Crippen MR) is 73.2 cm³/mol. The monoisotopic (exact) mass is 252 g/mol. The lowest BCUT2D eigenvalue weighted by molar-refractivity contribution is 0.112. The van der Waals surface area contributed by atoms with E-state index in [0.29, 0.717) is 18.8 Å². The molecule has 19 heavy (non-hydrogen) atoms. The molecular weight excluding hydrogens is 239 g/mol. The van der Waals surface area contributed by atoms with Crippen LogP contribution in [0.2, 0.25) is 0 Å². The second kappa shape index (κ2) is 5.39. The molecule has 0 bridgehead atoms. The summed E-state index contributed by atoms with van der Waals surface area (Å²) in [6.45, 7) is 1.08. The number of carbonyl (C=O) groups is 1. The van der Waals surface area contributed by atoms with Crippen LogP contribution in [0.1, 0.15) is 21.5 Å².